The number of nitrogens with zero attached hydrogens (tertiary/aromatic N) is 1. The third kappa shape index (κ3) is 3.86. The Morgan fingerprint density at radius 2 is 1.88 bits per heavy atom. The van der Waals surface area contributed by atoms with Gasteiger partial charge in [-0.1, -0.05) is 31.0 Å². The van der Waals surface area contributed by atoms with E-state index in [0.717, 1.165) is 54.0 Å². The van der Waals surface area contributed by atoms with Crippen LogP contribution in [-0.2, 0) is 0 Å². The molecule has 1 amide bonds. The van der Waals surface area contributed by atoms with Gasteiger partial charge in [-0.15, -0.1) is 12.4 Å². The van der Waals surface area contributed by atoms with Crippen molar-refractivity contribution in [1.82, 2.24) is 15.3 Å². The number of nitrogens with two attached hydrogens (primary N) is 1. The minimum atomic E-state index is -0.124. The number of carbonyl (C=O) groups excluding carboxylic acids is 1. The number of unbranched alkanes of at least 4 members (excludes halogenated alkanes) is 3. The first-order valence-corrected chi connectivity index (χ1v) is 8.15. The number of halogens is 1. The fourth-order valence-corrected chi connectivity index (χ4v) is 2.86. The smallest absolute Gasteiger partial charge is 0.272 e. The van der Waals surface area contributed by atoms with Crippen molar-refractivity contribution in [2.75, 3.05) is 13.1 Å². The fraction of sp³-hybridized carbons (Fsp3) is 0.333. The van der Waals surface area contributed by atoms with E-state index in [9.17, 15) is 4.79 Å². The molecule has 2 aromatic heterocycles. The van der Waals surface area contributed by atoms with Gasteiger partial charge in [0.15, 0.2) is 5.69 Å². The van der Waals surface area contributed by atoms with Crippen molar-refractivity contribution in [2.45, 2.75) is 25.7 Å². The topological polar surface area (TPSA) is 83.8 Å². The van der Waals surface area contributed by atoms with Crippen LogP contribution in [-0.4, -0.2) is 29.0 Å². The minimum Gasteiger partial charge on any atom is -0.353 e. The molecule has 0 saturated carbocycles. The summed E-state index contributed by atoms with van der Waals surface area (Å²) in [4.78, 5) is 20.0. The highest BCUT2D eigenvalue weighted by atomic mass is 35.5. The van der Waals surface area contributed by atoms with Crippen LogP contribution in [0, 0.1) is 0 Å². The first-order chi connectivity index (χ1) is 11.3. The van der Waals surface area contributed by atoms with Gasteiger partial charge >= 0.3 is 0 Å². The number of benzene rings is 1. The van der Waals surface area contributed by atoms with Gasteiger partial charge in [-0.05, 0) is 31.5 Å². The number of nitrogens with one attached hydrogen (secondary N) is 2. The maximum absolute atomic E-state index is 12.4. The van der Waals surface area contributed by atoms with E-state index in [1.807, 2.05) is 30.3 Å². The molecule has 24 heavy (non-hydrogen) atoms. The number of aromatic amines is 1. The number of hydrogen-bond donors (Lipinski definition) is 3. The van der Waals surface area contributed by atoms with Gasteiger partial charge < -0.3 is 16.0 Å². The third-order valence-corrected chi connectivity index (χ3v) is 4.06. The summed E-state index contributed by atoms with van der Waals surface area (Å²) >= 11 is 0. The summed E-state index contributed by atoms with van der Waals surface area (Å²) in [6.07, 6.45) is 5.90. The molecule has 2 heterocycles. The number of aromatic nitrogens is 2. The summed E-state index contributed by atoms with van der Waals surface area (Å²) in [5.41, 5.74) is 7.75. The Bertz CT molecular complexity index is 815. The zero-order valence-corrected chi connectivity index (χ0v) is 14.4. The van der Waals surface area contributed by atoms with Crippen LogP contribution in [0.4, 0.5) is 0 Å². The van der Waals surface area contributed by atoms with Gasteiger partial charge in [0.2, 0.25) is 0 Å². The molecule has 4 N–H and O–H groups in total. The number of carbonyl (C=O) groups is 1. The maximum atomic E-state index is 12.4. The van der Waals surface area contributed by atoms with Crippen molar-refractivity contribution in [3.63, 3.8) is 0 Å². The normalized spacial score (nSPS) is 10.7. The van der Waals surface area contributed by atoms with Crippen LogP contribution in [0.1, 0.15) is 36.2 Å². The molecule has 0 radical (unpaired) electrons. The number of amides is 1. The molecule has 0 bridgehead atoms. The van der Waals surface area contributed by atoms with Crippen LogP contribution in [0.15, 0.2) is 36.5 Å². The monoisotopic (exact) mass is 346 g/mol. The van der Waals surface area contributed by atoms with E-state index in [0.29, 0.717) is 12.2 Å². The van der Waals surface area contributed by atoms with E-state index in [2.05, 4.69) is 15.3 Å². The largest absolute Gasteiger partial charge is 0.353 e. The van der Waals surface area contributed by atoms with Crippen molar-refractivity contribution in [3.8, 4) is 0 Å². The molecular weight excluding hydrogens is 324 g/mol. The lowest BCUT2D eigenvalue weighted by Gasteiger charge is -2.05. The molecule has 0 saturated heterocycles. The summed E-state index contributed by atoms with van der Waals surface area (Å²) in [7, 11) is 0. The Balaban J connectivity index is 0.00000208. The zero-order valence-electron chi connectivity index (χ0n) is 13.5. The number of pyridine rings is 1. The second-order valence-corrected chi connectivity index (χ2v) is 5.71. The molecule has 3 rings (SSSR count). The van der Waals surface area contributed by atoms with Gasteiger partial charge in [-0.2, -0.15) is 0 Å². The molecule has 3 aromatic rings. The molecule has 128 valence electrons. The molecule has 5 nitrogen and oxygen atoms in total. The summed E-state index contributed by atoms with van der Waals surface area (Å²) in [6, 6.07) is 9.98. The first kappa shape index (κ1) is 18.2. The second kappa shape index (κ2) is 8.66. The highest BCUT2D eigenvalue weighted by Gasteiger charge is 2.14. The lowest BCUT2D eigenvalue weighted by Crippen LogP contribution is -2.25. The molecule has 0 fully saturated rings. The van der Waals surface area contributed by atoms with E-state index >= 15 is 0 Å². The van der Waals surface area contributed by atoms with E-state index in [1.165, 1.54) is 0 Å². The van der Waals surface area contributed by atoms with Crippen LogP contribution in [0.5, 0.6) is 0 Å². The average molecular weight is 347 g/mol. The van der Waals surface area contributed by atoms with Gasteiger partial charge in [0.25, 0.3) is 5.91 Å². The Kier molecular flexibility index (Phi) is 6.58. The number of para-hydroxylation sites is 1. The number of H-pyrrole nitrogens is 1. The van der Waals surface area contributed by atoms with Crippen LogP contribution in [0.2, 0.25) is 0 Å². The van der Waals surface area contributed by atoms with Crippen LogP contribution < -0.4 is 11.1 Å². The van der Waals surface area contributed by atoms with Crippen LogP contribution in [0.3, 0.4) is 0 Å². The number of fused-ring (bicyclic) bond motifs is 3. The molecule has 0 aliphatic carbocycles. The highest BCUT2D eigenvalue weighted by molar-refractivity contribution is 6.13. The SMILES string of the molecule is Cl.NCCCCCCNC(=O)c1nccc2c1[nH]c1ccccc12. The summed E-state index contributed by atoms with van der Waals surface area (Å²) in [6.45, 7) is 1.40. The molecule has 0 aliphatic rings. The molecular formula is C18H23ClN4O. The van der Waals surface area contributed by atoms with Crippen LogP contribution in [0.25, 0.3) is 21.8 Å². The van der Waals surface area contributed by atoms with Crippen molar-refractivity contribution >= 4 is 40.1 Å². The van der Waals surface area contributed by atoms with Crippen molar-refractivity contribution in [1.29, 1.82) is 0 Å². The standard InChI is InChI=1S/C18H22N4O.ClH/c19-10-5-1-2-6-11-21-18(23)17-16-14(9-12-20-17)13-7-3-4-8-15(13)22-16;/h3-4,7-9,12,22H,1-2,5-6,10-11,19H2,(H,21,23);1H. The number of rotatable bonds is 7. The van der Waals surface area contributed by atoms with Gasteiger partial charge in [0.05, 0.1) is 5.52 Å². The maximum Gasteiger partial charge on any atom is 0.272 e. The Morgan fingerprint density at radius 3 is 2.71 bits per heavy atom. The Hall–Kier alpha value is -2.11. The van der Waals surface area contributed by atoms with Crippen LogP contribution >= 0.6 is 12.4 Å². The van der Waals surface area contributed by atoms with Crippen molar-refractivity contribution < 1.29 is 4.79 Å². The van der Waals surface area contributed by atoms with E-state index in [1.54, 1.807) is 6.20 Å². The Morgan fingerprint density at radius 1 is 1.08 bits per heavy atom. The summed E-state index contributed by atoms with van der Waals surface area (Å²) in [5.74, 6) is -0.124. The first-order valence-electron chi connectivity index (χ1n) is 8.15. The molecule has 6 heteroatoms. The zero-order chi connectivity index (χ0) is 16.1. The van der Waals surface area contributed by atoms with Crippen molar-refractivity contribution in [2.24, 2.45) is 5.73 Å². The van der Waals surface area contributed by atoms with E-state index in [4.69, 9.17) is 5.73 Å². The molecule has 0 spiro atoms. The minimum absolute atomic E-state index is 0. The van der Waals surface area contributed by atoms with Gasteiger partial charge in [0.1, 0.15) is 0 Å². The third-order valence-electron chi connectivity index (χ3n) is 4.06. The summed E-state index contributed by atoms with van der Waals surface area (Å²) < 4.78 is 0. The molecule has 0 aliphatic heterocycles. The predicted molar refractivity (Wildman–Crippen MR) is 101 cm³/mol. The quantitative estimate of drug-likeness (QED) is 0.573. The average Bonchev–Trinajstić information content (AvgIpc) is 2.96. The predicted octanol–water partition coefficient (Wildman–Crippen LogP) is 3.39. The van der Waals surface area contributed by atoms with Gasteiger partial charge in [-0.3, -0.25) is 4.79 Å². The highest BCUT2D eigenvalue weighted by Crippen LogP contribution is 2.26. The molecule has 0 unspecified atom stereocenters. The summed E-state index contributed by atoms with van der Waals surface area (Å²) in [5, 5.41) is 5.10. The fourth-order valence-electron chi connectivity index (χ4n) is 2.86. The van der Waals surface area contributed by atoms with Crippen molar-refractivity contribution in [3.05, 3.63) is 42.2 Å². The van der Waals surface area contributed by atoms with Gasteiger partial charge in [0, 0.05) is 29.0 Å². The second-order valence-electron chi connectivity index (χ2n) is 5.71. The Labute approximate surface area is 147 Å². The van der Waals surface area contributed by atoms with E-state index in [-0.39, 0.29) is 18.3 Å². The number of hydrogen-bond acceptors (Lipinski definition) is 3. The molecule has 1 aromatic carbocycles. The lowest BCUT2D eigenvalue weighted by atomic mass is 10.1. The lowest BCUT2D eigenvalue weighted by molar-refractivity contribution is 0.0949. The van der Waals surface area contributed by atoms with Gasteiger partial charge in [-0.25, -0.2) is 4.98 Å². The van der Waals surface area contributed by atoms with E-state index < -0.39 is 0 Å². The molecule has 0 atom stereocenters.